The summed E-state index contributed by atoms with van der Waals surface area (Å²) in [7, 11) is 0. The van der Waals surface area contributed by atoms with Gasteiger partial charge in [-0.15, -0.1) is 0 Å². The molecule has 30 heavy (non-hydrogen) atoms. The molecule has 0 bridgehead atoms. The Labute approximate surface area is 182 Å². The van der Waals surface area contributed by atoms with Crippen LogP contribution in [0.25, 0.3) is 0 Å². The number of nitrogens with zero attached hydrogens (tertiary/aromatic N) is 2. The summed E-state index contributed by atoms with van der Waals surface area (Å²) < 4.78 is 5.63. The monoisotopic (exact) mass is 426 g/mol. The molecule has 0 aromatic heterocycles. The predicted octanol–water partition coefficient (Wildman–Crippen LogP) is 3.52. The van der Waals surface area contributed by atoms with Crippen molar-refractivity contribution in [2.45, 2.75) is 30.8 Å². The van der Waals surface area contributed by atoms with Crippen LogP contribution in [-0.4, -0.2) is 49.3 Å². The molecule has 0 aliphatic carbocycles. The van der Waals surface area contributed by atoms with E-state index in [1.165, 1.54) is 5.56 Å². The van der Waals surface area contributed by atoms with E-state index >= 15 is 0 Å². The van der Waals surface area contributed by atoms with E-state index in [9.17, 15) is 4.79 Å². The Hall–Kier alpha value is -2.12. The minimum Gasteiger partial charge on any atom is -0.381 e. The highest BCUT2D eigenvalue weighted by Crippen LogP contribution is 2.39. The van der Waals surface area contributed by atoms with Crippen LogP contribution >= 0.6 is 11.6 Å². The number of rotatable bonds is 4. The molecular weight excluding hydrogens is 400 g/mol. The van der Waals surface area contributed by atoms with E-state index in [2.05, 4.69) is 35.1 Å². The number of ether oxygens (including phenoxy) is 1. The van der Waals surface area contributed by atoms with Crippen molar-refractivity contribution in [1.29, 1.82) is 0 Å². The molecule has 0 saturated carbocycles. The number of amides is 2. The van der Waals surface area contributed by atoms with Gasteiger partial charge < -0.3 is 9.64 Å². The minimum absolute atomic E-state index is 0.0637. The summed E-state index contributed by atoms with van der Waals surface area (Å²) in [6, 6.07) is 16.3. The Morgan fingerprint density at radius 1 is 1.07 bits per heavy atom. The van der Waals surface area contributed by atoms with Crippen molar-refractivity contribution in [3.63, 3.8) is 0 Å². The van der Waals surface area contributed by atoms with Crippen molar-refractivity contribution < 1.29 is 9.53 Å². The van der Waals surface area contributed by atoms with E-state index in [-0.39, 0.29) is 11.6 Å². The first-order valence-electron chi connectivity index (χ1n) is 10.6. The third-order valence-corrected chi connectivity index (χ3v) is 6.87. The van der Waals surface area contributed by atoms with Crippen molar-refractivity contribution in [1.82, 2.24) is 15.8 Å². The minimum atomic E-state index is -0.199. The average molecular weight is 427 g/mol. The second-order valence-corrected chi connectivity index (χ2v) is 8.91. The summed E-state index contributed by atoms with van der Waals surface area (Å²) >= 11 is 6.19. The molecule has 158 valence electrons. The normalized spacial score (nSPS) is 21.7. The highest BCUT2D eigenvalue weighted by Gasteiger charge is 2.50. The first-order chi connectivity index (χ1) is 14.6. The van der Waals surface area contributed by atoms with Crippen LogP contribution < -0.4 is 15.8 Å². The molecule has 1 spiro atoms. The van der Waals surface area contributed by atoms with Gasteiger partial charge in [0.2, 0.25) is 0 Å². The van der Waals surface area contributed by atoms with Crippen LogP contribution in [0.2, 0.25) is 5.02 Å². The van der Waals surface area contributed by atoms with Crippen LogP contribution in [0.1, 0.15) is 29.9 Å². The number of hydrogen-bond donors (Lipinski definition) is 2. The smallest absolute Gasteiger partial charge is 0.325 e. The molecular formula is C23H27ClN4O2. The van der Waals surface area contributed by atoms with Gasteiger partial charge in [0.25, 0.3) is 0 Å². The van der Waals surface area contributed by atoms with E-state index < -0.39 is 0 Å². The number of hydrogen-bond acceptors (Lipinski definition) is 4. The van der Waals surface area contributed by atoms with Gasteiger partial charge in [-0.2, -0.15) is 0 Å². The SMILES string of the molecule is O=C1N(c2ccc(C3CNNC3)cc2)CC2(CCOCC2)N1Cc1cccc(Cl)c1. The van der Waals surface area contributed by atoms with Crippen molar-refractivity contribution in [2.75, 3.05) is 37.7 Å². The lowest BCUT2D eigenvalue weighted by Crippen LogP contribution is -2.50. The van der Waals surface area contributed by atoms with Gasteiger partial charge >= 0.3 is 6.03 Å². The van der Waals surface area contributed by atoms with Gasteiger partial charge in [0.1, 0.15) is 0 Å². The van der Waals surface area contributed by atoms with Crippen LogP contribution in [-0.2, 0) is 11.3 Å². The number of nitrogens with one attached hydrogen (secondary N) is 2. The molecule has 2 aromatic carbocycles. The number of carbonyl (C=O) groups excluding carboxylic acids is 1. The lowest BCUT2D eigenvalue weighted by molar-refractivity contribution is 0.00611. The molecule has 2 aromatic rings. The summed E-state index contributed by atoms with van der Waals surface area (Å²) in [5.74, 6) is 0.467. The summed E-state index contributed by atoms with van der Waals surface area (Å²) in [5, 5.41) is 0.698. The van der Waals surface area contributed by atoms with E-state index in [1.54, 1.807) is 0 Å². The highest BCUT2D eigenvalue weighted by molar-refractivity contribution is 6.30. The summed E-state index contributed by atoms with van der Waals surface area (Å²) in [6.45, 7) is 4.49. The van der Waals surface area contributed by atoms with Crippen molar-refractivity contribution in [2.24, 2.45) is 0 Å². The van der Waals surface area contributed by atoms with Gasteiger partial charge in [-0.1, -0.05) is 35.9 Å². The highest BCUT2D eigenvalue weighted by atomic mass is 35.5. The first kappa shape index (κ1) is 19.8. The van der Waals surface area contributed by atoms with Gasteiger partial charge in [-0.3, -0.25) is 15.8 Å². The zero-order chi connectivity index (χ0) is 20.6. The topological polar surface area (TPSA) is 56.8 Å². The molecule has 0 unspecified atom stereocenters. The Balaban J connectivity index is 1.41. The van der Waals surface area contributed by atoms with Gasteiger partial charge in [0, 0.05) is 49.5 Å². The largest absolute Gasteiger partial charge is 0.381 e. The molecule has 3 heterocycles. The molecule has 0 atom stereocenters. The number of hydrazine groups is 1. The Kier molecular flexibility index (Phi) is 5.41. The molecule has 2 amide bonds. The van der Waals surface area contributed by atoms with Crippen LogP contribution in [0.5, 0.6) is 0 Å². The van der Waals surface area contributed by atoms with E-state index in [0.717, 1.165) is 37.2 Å². The third-order valence-electron chi connectivity index (χ3n) is 6.64. The standard InChI is InChI=1S/C23H27ClN4O2/c24-20-3-1-2-17(12-20)15-28-22(29)27(16-23(28)8-10-30-11-9-23)21-6-4-18(5-7-21)19-13-25-26-14-19/h1-7,12,19,25-26H,8-11,13-16H2. The Bertz CT molecular complexity index is 908. The number of halogens is 1. The molecule has 3 aliphatic rings. The fraction of sp³-hybridized carbons (Fsp3) is 0.435. The zero-order valence-electron chi connectivity index (χ0n) is 16.9. The average Bonchev–Trinajstić information content (AvgIpc) is 3.39. The Morgan fingerprint density at radius 3 is 2.50 bits per heavy atom. The van der Waals surface area contributed by atoms with Crippen LogP contribution in [0.4, 0.5) is 10.5 Å². The number of carbonyl (C=O) groups is 1. The molecule has 6 nitrogen and oxygen atoms in total. The van der Waals surface area contributed by atoms with Crippen LogP contribution in [0.3, 0.4) is 0 Å². The summed E-state index contributed by atoms with van der Waals surface area (Å²) in [5.41, 5.74) is 9.46. The fourth-order valence-corrected chi connectivity index (χ4v) is 5.07. The quantitative estimate of drug-likeness (QED) is 0.785. The summed E-state index contributed by atoms with van der Waals surface area (Å²) in [4.78, 5) is 17.5. The maximum absolute atomic E-state index is 13.6. The Morgan fingerprint density at radius 2 is 1.80 bits per heavy atom. The van der Waals surface area contributed by atoms with Crippen molar-refractivity contribution in [3.8, 4) is 0 Å². The molecule has 7 heteroatoms. The lowest BCUT2D eigenvalue weighted by Gasteiger charge is -2.40. The second-order valence-electron chi connectivity index (χ2n) is 8.47. The molecule has 5 rings (SSSR count). The second kappa shape index (κ2) is 8.19. The third kappa shape index (κ3) is 3.69. The zero-order valence-corrected chi connectivity index (χ0v) is 17.7. The van der Waals surface area contributed by atoms with Gasteiger partial charge in [0.15, 0.2) is 0 Å². The van der Waals surface area contributed by atoms with E-state index in [0.29, 0.717) is 37.2 Å². The first-order valence-corrected chi connectivity index (χ1v) is 11.0. The van der Waals surface area contributed by atoms with Gasteiger partial charge in [0.05, 0.1) is 12.1 Å². The number of urea groups is 1. The van der Waals surface area contributed by atoms with E-state index in [4.69, 9.17) is 16.3 Å². The van der Waals surface area contributed by atoms with Crippen LogP contribution in [0.15, 0.2) is 48.5 Å². The van der Waals surface area contributed by atoms with E-state index in [1.807, 2.05) is 34.1 Å². The number of benzene rings is 2. The maximum atomic E-state index is 13.6. The lowest BCUT2D eigenvalue weighted by atomic mass is 9.89. The van der Waals surface area contributed by atoms with Gasteiger partial charge in [-0.05, 0) is 48.2 Å². The number of anilines is 1. The predicted molar refractivity (Wildman–Crippen MR) is 118 cm³/mol. The van der Waals surface area contributed by atoms with Crippen LogP contribution in [0, 0.1) is 0 Å². The maximum Gasteiger partial charge on any atom is 0.325 e. The molecule has 3 fully saturated rings. The van der Waals surface area contributed by atoms with Gasteiger partial charge in [-0.25, -0.2) is 4.79 Å². The summed E-state index contributed by atoms with van der Waals surface area (Å²) in [6.07, 6.45) is 1.71. The molecule has 3 saturated heterocycles. The van der Waals surface area contributed by atoms with Crippen molar-refractivity contribution in [3.05, 3.63) is 64.7 Å². The van der Waals surface area contributed by atoms with Crippen molar-refractivity contribution >= 4 is 23.3 Å². The molecule has 2 N–H and O–H groups in total. The fourth-order valence-electron chi connectivity index (χ4n) is 4.86. The molecule has 0 radical (unpaired) electrons. The molecule has 3 aliphatic heterocycles.